The molecular formula is C12H11F3N2O. The van der Waals surface area contributed by atoms with Crippen molar-refractivity contribution < 1.29 is 18.3 Å². The smallest absolute Gasteiger partial charge is 0.382 e. The lowest BCUT2D eigenvalue weighted by Crippen LogP contribution is -2.14. The van der Waals surface area contributed by atoms with Crippen LogP contribution in [0.1, 0.15) is 22.9 Å². The summed E-state index contributed by atoms with van der Waals surface area (Å²) in [5.41, 5.74) is -0.776. The van der Waals surface area contributed by atoms with Gasteiger partial charge in [-0.05, 0) is 5.56 Å². The largest absolute Gasteiger partial charge is 0.419 e. The first-order valence-electron chi connectivity index (χ1n) is 5.23. The van der Waals surface area contributed by atoms with Crippen LogP contribution in [0.5, 0.6) is 0 Å². The summed E-state index contributed by atoms with van der Waals surface area (Å²) >= 11 is 0. The third-order valence-electron chi connectivity index (χ3n) is 2.66. The normalized spacial score (nSPS) is 13.6. The molecule has 0 aliphatic carbocycles. The number of halogens is 3. The molecule has 1 N–H and O–H groups in total. The third kappa shape index (κ3) is 2.24. The van der Waals surface area contributed by atoms with E-state index >= 15 is 0 Å². The zero-order valence-electron chi connectivity index (χ0n) is 9.52. The van der Waals surface area contributed by atoms with Crippen molar-refractivity contribution in [2.45, 2.75) is 12.3 Å². The van der Waals surface area contributed by atoms with Crippen molar-refractivity contribution in [3.63, 3.8) is 0 Å². The average molecular weight is 256 g/mol. The van der Waals surface area contributed by atoms with Crippen molar-refractivity contribution in [2.24, 2.45) is 7.05 Å². The maximum Gasteiger partial charge on any atom is 0.419 e. The summed E-state index contributed by atoms with van der Waals surface area (Å²) < 4.78 is 39.4. The SMILES string of the molecule is Cn1ncc(C(F)(F)F)c1C(O)c1ccccc1. The molecule has 0 aliphatic heterocycles. The van der Waals surface area contributed by atoms with E-state index in [1.807, 2.05) is 0 Å². The first-order valence-corrected chi connectivity index (χ1v) is 5.23. The molecule has 1 aromatic carbocycles. The van der Waals surface area contributed by atoms with Crippen LogP contribution in [0, 0.1) is 0 Å². The molecule has 0 fully saturated rings. The van der Waals surface area contributed by atoms with E-state index in [4.69, 9.17) is 0 Å². The van der Waals surface area contributed by atoms with E-state index in [-0.39, 0.29) is 5.69 Å². The van der Waals surface area contributed by atoms with E-state index in [0.717, 1.165) is 10.9 Å². The van der Waals surface area contributed by atoms with Crippen molar-refractivity contribution >= 4 is 0 Å². The van der Waals surface area contributed by atoms with Gasteiger partial charge in [0.2, 0.25) is 0 Å². The van der Waals surface area contributed by atoms with E-state index in [1.54, 1.807) is 30.3 Å². The van der Waals surface area contributed by atoms with Gasteiger partial charge in [0.1, 0.15) is 6.10 Å². The van der Waals surface area contributed by atoms with Crippen molar-refractivity contribution in [1.82, 2.24) is 9.78 Å². The minimum absolute atomic E-state index is 0.256. The minimum Gasteiger partial charge on any atom is -0.382 e. The Bertz CT molecular complexity index is 534. The maximum absolute atomic E-state index is 12.8. The predicted octanol–water partition coefficient (Wildman–Crippen LogP) is 2.52. The zero-order valence-corrected chi connectivity index (χ0v) is 9.52. The van der Waals surface area contributed by atoms with Gasteiger partial charge in [-0.15, -0.1) is 0 Å². The van der Waals surface area contributed by atoms with Crippen LogP contribution in [0.4, 0.5) is 13.2 Å². The van der Waals surface area contributed by atoms with Crippen LogP contribution >= 0.6 is 0 Å². The Morgan fingerprint density at radius 3 is 2.39 bits per heavy atom. The van der Waals surface area contributed by atoms with Gasteiger partial charge in [-0.3, -0.25) is 4.68 Å². The second-order valence-corrected chi connectivity index (χ2v) is 3.88. The number of aliphatic hydroxyl groups is 1. The highest BCUT2D eigenvalue weighted by Gasteiger charge is 2.38. The van der Waals surface area contributed by atoms with Crippen LogP contribution in [-0.4, -0.2) is 14.9 Å². The summed E-state index contributed by atoms with van der Waals surface area (Å²) in [6.45, 7) is 0. The molecule has 0 spiro atoms. The van der Waals surface area contributed by atoms with Gasteiger partial charge in [-0.25, -0.2) is 0 Å². The second kappa shape index (κ2) is 4.45. The molecule has 0 saturated carbocycles. The Balaban J connectivity index is 2.48. The van der Waals surface area contributed by atoms with E-state index in [2.05, 4.69) is 5.10 Å². The first-order chi connectivity index (χ1) is 8.41. The molecular weight excluding hydrogens is 245 g/mol. The first kappa shape index (κ1) is 12.6. The number of hydrogen-bond acceptors (Lipinski definition) is 2. The van der Waals surface area contributed by atoms with Crippen LogP contribution in [0.15, 0.2) is 36.5 Å². The zero-order chi connectivity index (χ0) is 13.3. The summed E-state index contributed by atoms with van der Waals surface area (Å²) in [7, 11) is 1.37. The fourth-order valence-electron chi connectivity index (χ4n) is 1.78. The van der Waals surface area contributed by atoms with E-state index in [9.17, 15) is 18.3 Å². The highest BCUT2D eigenvalue weighted by atomic mass is 19.4. The number of aromatic nitrogens is 2. The highest BCUT2D eigenvalue weighted by Crippen LogP contribution is 2.36. The lowest BCUT2D eigenvalue weighted by atomic mass is 10.0. The number of alkyl halides is 3. The minimum atomic E-state index is -4.53. The van der Waals surface area contributed by atoms with Crippen molar-refractivity contribution in [2.75, 3.05) is 0 Å². The number of rotatable bonds is 2. The van der Waals surface area contributed by atoms with Crippen LogP contribution in [0.2, 0.25) is 0 Å². The molecule has 2 aromatic rings. The Labute approximate surface area is 101 Å². The van der Waals surface area contributed by atoms with Gasteiger partial charge in [0.15, 0.2) is 0 Å². The molecule has 1 aromatic heterocycles. The summed E-state index contributed by atoms with van der Waals surface area (Å²) in [6.07, 6.45) is -5.16. The average Bonchev–Trinajstić information content (AvgIpc) is 2.71. The van der Waals surface area contributed by atoms with Crippen LogP contribution in [0.3, 0.4) is 0 Å². The van der Waals surface area contributed by atoms with Gasteiger partial charge in [0.25, 0.3) is 0 Å². The molecule has 96 valence electrons. The van der Waals surface area contributed by atoms with Gasteiger partial charge in [-0.2, -0.15) is 18.3 Å². The lowest BCUT2D eigenvalue weighted by molar-refractivity contribution is -0.139. The van der Waals surface area contributed by atoms with Crippen LogP contribution in [-0.2, 0) is 13.2 Å². The number of hydrogen-bond donors (Lipinski definition) is 1. The Morgan fingerprint density at radius 1 is 1.22 bits per heavy atom. The number of benzene rings is 1. The molecule has 1 atom stereocenters. The molecule has 6 heteroatoms. The number of nitrogens with zero attached hydrogens (tertiary/aromatic N) is 2. The molecule has 2 rings (SSSR count). The molecule has 0 radical (unpaired) electrons. The molecule has 0 aliphatic rings. The quantitative estimate of drug-likeness (QED) is 0.896. The number of aryl methyl sites for hydroxylation is 1. The molecule has 18 heavy (non-hydrogen) atoms. The molecule has 0 bridgehead atoms. The topological polar surface area (TPSA) is 38.0 Å². The summed E-state index contributed by atoms with van der Waals surface area (Å²) in [5, 5.41) is 13.6. The summed E-state index contributed by atoms with van der Waals surface area (Å²) in [4.78, 5) is 0. The highest BCUT2D eigenvalue weighted by molar-refractivity contribution is 5.31. The van der Waals surface area contributed by atoms with Gasteiger partial charge in [0, 0.05) is 7.05 Å². The molecule has 1 unspecified atom stereocenters. The monoisotopic (exact) mass is 256 g/mol. The Hall–Kier alpha value is -1.82. The molecule has 0 saturated heterocycles. The van der Waals surface area contributed by atoms with Crippen LogP contribution in [0.25, 0.3) is 0 Å². The maximum atomic E-state index is 12.8. The van der Waals surface area contributed by atoms with E-state index in [0.29, 0.717) is 5.56 Å². The number of aliphatic hydroxyl groups excluding tert-OH is 1. The lowest BCUT2D eigenvalue weighted by Gasteiger charge is -2.15. The second-order valence-electron chi connectivity index (χ2n) is 3.88. The predicted molar refractivity (Wildman–Crippen MR) is 58.7 cm³/mol. The Morgan fingerprint density at radius 2 is 1.83 bits per heavy atom. The Kier molecular flexibility index (Phi) is 3.13. The fraction of sp³-hybridized carbons (Fsp3) is 0.250. The van der Waals surface area contributed by atoms with Crippen molar-refractivity contribution in [3.05, 3.63) is 53.3 Å². The van der Waals surface area contributed by atoms with E-state index in [1.165, 1.54) is 7.05 Å². The van der Waals surface area contributed by atoms with Crippen molar-refractivity contribution in [1.29, 1.82) is 0 Å². The molecule has 1 heterocycles. The fourth-order valence-corrected chi connectivity index (χ4v) is 1.78. The van der Waals surface area contributed by atoms with Gasteiger partial charge in [-0.1, -0.05) is 30.3 Å². The molecule has 0 amide bonds. The third-order valence-corrected chi connectivity index (χ3v) is 2.66. The van der Waals surface area contributed by atoms with Gasteiger partial charge in [0.05, 0.1) is 17.5 Å². The van der Waals surface area contributed by atoms with Crippen molar-refractivity contribution in [3.8, 4) is 0 Å². The summed E-state index contributed by atoms with van der Waals surface area (Å²) in [5.74, 6) is 0. The summed E-state index contributed by atoms with van der Waals surface area (Å²) in [6, 6.07) is 8.17. The standard InChI is InChI=1S/C12H11F3N2O/c1-17-10(9(7-16-17)12(13,14)15)11(18)8-5-3-2-4-6-8/h2-7,11,18H,1H3. The van der Waals surface area contributed by atoms with Gasteiger partial charge < -0.3 is 5.11 Å². The van der Waals surface area contributed by atoms with Crippen LogP contribution < -0.4 is 0 Å². The van der Waals surface area contributed by atoms with E-state index < -0.39 is 17.8 Å². The molecule has 3 nitrogen and oxygen atoms in total. The van der Waals surface area contributed by atoms with Gasteiger partial charge >= 0.3 is 6.18 Å².